The topological polar surface area (TPSA) is 42.0 Å². The lowest BCUT2D eigenvalue weighted by molar-refractivity contribution is -0.126. The fourth-order valence-corrected chi connectivity index (χ4v) is 4.18. The molecule has 0 radical (unpaired) electrons. The number of carbonyl (C=O) groups is 1. The van der Waals surface area contributed by atoms with E-state index < -0.39 is 0 Å². The van der Waals surface area contributed by atoms with Crippen LogP contribution in [0.5, 0.6) is 11.5 Å². The lowest BCUT2D eigenvalue weighted by Crippen LogP contribution is -2.48. The number of benzene rings is 3. The number of hydrogen-bond donors (Lipinski definition) is 0. The zero-order chi connectivity index (χ0) is 21.8. The Morgan fingerprint density at radius 3 is 2.25 bits per heavy atom. The minimum Gasteiger partial charge on any atom is -0.454 e. The molecule has 162 valence electrons. The van der Waals surface area contributed by atoms with E-state index in [4.69, 9.17) is 9.47 Å². The van der Waals surface area contributed by atoms with Gasteiger partial charge in [0.2, 0.25) is 6.79 Å². The van der Waals surface area contributed by atoms with Gasteiger partial charge in [-0.1, -0.05) is 66.7 Å². The minimum atomic E-state index is 0.0859. The van der Waals surface area contributed by atoms with Crippen molar-refractivity contribution in [1.29, 1.82) is 0 Å². The number of hydrogen-bond acceptors (Lipinski definition) is 4. The van der Waals surface area contributed by atoms with Crippen molar-refractivity contribution in [3.05, 3.63) is 95.6 Å². The summed E-state index contributed by atoms with van der Waals surface area (Å²) < 4.78 is 10.9. The molecule has 5 rings (SSSR count). The molecule has 1 saturated heterocycles. The van der Waals surface area contributed by atoms with E-state index in [1.807, 2.05) is 77.7 Å². The maximum absolute atomic E-state index is 13.5. The Bertz CT molecular complexity index is 1100. The van der Waals surface area contributed by atoms with Gasteiger partial charge in [-0.05, 0) is 34.9 Å². The number of piperazine rings is 1. The van der Waals surface area contributed by atoms with Crippen molar-refractivity contribution in [2.45, 2.75) is 6.54 Å². The van der Waals surface area contributed by atoms with Gasteiger partial charge in [0.15, 0.2) is 11.5 Å². The van der Waals surface area contributed by atoms with Crippen molar-refractivity contribution < 1.29 is 14.3 Å². The van der Waals surface area contributed by atoms with Crippen LogP contribution in [0.25, 0.3) is 11.6 Å². The summed E-state index contributed by atoms with van der Waals surface area (Å²) in [5.41, 5.74) is 3.91. The van der Waals surface area contributed by atoms with Crippen molar-refractivity contribution in [2.75, 3.05) is 33.0 Å². The summed E-state index contributed by atoms with van der Waals surface area (Å²) in [6, 6.07) is 26.1. The van der Waals surface area contributed by atoms with E-state index in [-0.39, 0.29) is 5.91 Å². The first kappa shape index (κ1) is 20.3. The molecule has 0 N–H and O–H groups in total. The Labute approximate surface area is 188 Å². The van der Waals surface area contributed by atoms with Crippen LogP contribution in [0.2, 0.25) is 0 Å². The van der Waals surface area contributed by atoms with Crippen LogP contribution >= 0.6 is 0 Å². The number of fused-ring (bicyclic) bond motifs is 1. The van der Waals surface area contributed by atoms with E-state index in [0.717, 1.165) is 47.8 Å². The predicted molar refractivity (Wildman–Crippen MR) is 125 cm³/mol. The van der Waals surface area contributed by atoms with Crippen molar-refractivity contribution in [1.82, 2.24) is 9.80 Å². The molecule has 0 aliphatic carbocycles. The van der Waals surface area contributed by atoms with Gasteiger partial charge in [-0.3, -0.25) is 9.69 Å². The Kier molecular flexibility index (Phi) is 5.90. The maximum atomic E-state index is 13.5. The van der Waals surface area contributed by atoms with Crippen molar-refractivity contribution in [2.24, 2.45) is 0 Å². The third kappa shape index (κ3) is 4.53. The minimum absolute atomic E-state index is 0.0859. The van der Waals surface area contributed by atoms with Crippen LogP contribution in [-0.2, 0) is 11.3 Å². The summed E-state index contributed by atoms with van der Waals surface area (Å²) in [6.45, 7) is 4.23. The molecule has 0 spiro atoms. The van der Waals surface area contributed by atoms with Gasteiger partial charge in [-0.15, -0.1) is 0 Å². The summed E-state index contributed by atoms with van der Waals surface area (Å²) in [4.78, 5) is 17.9. The molecular weight excluding hydrogens is 400 g/mol. The Morgan fingerprint density at radius 1 is 0.812 bits per heavy atom. The standard InChI is InChI=1S/C27H26N2O3/c30-27(24(23-9-5-2-6-10-23)17-21-7-3-1-4-8-21)29-15-13-28(14-16-29)19-22-11-12-25-26(18-22)32-20-31-25/h1-12,17-18H,13-16,19-20H2/b24-17+. The molecule has 5 nitrogen and oxygen atoms in total. The molecule has 1 amide bonds. The number of carbonyl (C=O) groups excluding carboxylic acids is 1. The largest absolute Gasteiger partial charge is 0.454 e. The van der Waals surface area contributed by atoms with Crippen LogP contribution in [0.15, 0.2) is 78.9 Å². The molecule has 2 heterocycles. The van der Waals surface area contributed by atoms with Crippen LogP contribution in [0.3, 0.4) is 0 Å². The summed E-state index contributed by atoms with van der Waals surface area (Å²) in [6.07, 6.45) is 2.00. The van der Waals surface area contributed by atoms with Gasteiger partial charge in [0, 0.05) is 38.3 Å². The van der Waals surface area contributed by atoms with E-state index in [9.17, 15) is 4.79 Å². The summed E-state index contributed by atoms with van der Waals surface area (Å²) >= 11 is 0. The third-order valence-electron chi connectivity index (χ3n) is 5.93. The SMILES string of the molecule is O=C(/C(=C/c1ccccc1)c1ccccc1)N1CCN(Cc2ccc3c(c2)OCO3)CC1. The Morgan fingerprint density at radius 2 is 1.50 bits per heavy atom. The molecule has 32 heavy (non-hydrogen) atoms. The highest BCUT2D eigenvalue weighted by Gasteiger charge is 2.25. The third-order valence-corrected chi connectivity index (χ3v) is 5.93. The van der Waals surface area contributed by atoms with Crippen molar-refractivity contribution in [3.8, 4) is 11.5 Å². The summed E-state index contributed by atoms with van der Waals surface area (Å²) in [5, 5.41) is 0. The molecule has 3 aromatic carbocycles. The highest BCUT2D eigenvalue weighted by Crippen LogP contribution is 2.33. The lowest BCUT2D eigenvalue weighted by atomic mass is 10.0. The van der Waals surface area contributed by atoms with Gasteiger partial charge in [-0.2, -0.15) is 0 Å². The van der Waals surface area contributed by atoms with Gasteiger partial charge in [0.05, 0.1) is 0 Å². The summed E-state index contributed by atoms with van der Waals surface area (Å²) in [5.74, 6) is 1.71. The van der Waals surface area contributed by atoms with Crippen LogP contribution < -0.4 is 9.47 Å². The fraction of sp³-hybridized carbons (Fsp3) is 0.222. The number of amides is 1. The molecule has 0 atom stereocenters. The second-order valence-electron chi connectivity index (χ2n) is 8.09. The molecule has 2 aliphatic rings. The number of nitrogens with zero attached hydrogens (tertiary/aromatic N) is 2. The second kappa shape index (κ2) is 9.28. The Hall–Kier alpha value is -3.57. The van der Waals surface area contributed by atoms with Gasteiger partial charge in [0.1, 0.15) is 0 Å². The van der Waals surface area contributed by atoms with E-state index in [0.29, 0.717) is 19.9 Å². The highest BCUT2D eigenvalue weighted by molar-refractivity contribution is 6.24. The molecular formula is C27H26N2O3. The van der Waals surface area contributed by atoms with Gasteiger partial charge in [0.25, 0.3) is 5.91 Å². The van der Waals surface area contributed by atoms with E-state index >= 15 is 0 Å². The normalized spacial score (nSPS) is 16.2. The van der Waals surface area contributed by atoms with E-state index in [1.54, 1.807) is 0 Å². The fourth-order valence-electron chi connectivity index (χ4n) is 4.18. The van der Waals surface area contributed by atoms with E-state index in [2.05, 4.69) is 17.0 Å². The smallest absolute Gasteiger partial charge is 0.254 e. The zero-order valence-corrected chi connectivity index (χ0v) is 17.9. The first-order valence-electron chi connectivity index (χ1n) is 11.0. The molecule has 0 saturated carbocycles. The summed E-state index contributed by atoms with van der Waals surface area (Å²) in [7, 11) is 0. The molecule has 1 fully saturated rings. The Balaban J connectivity index is 1.27. The van der Waals surface area contributed by atoms with Gasteiger partial charge in [-0.25, -0.2) is 0 Å². The molecule has 2 aliphatic heterocycles. The molecule has 0 bridgehead atoms. The van der Waals surface area contributed by atoms with Crippen molar-refractivity contribution >= 4 is 17.6 Å². The van der Waals surface area contributed by atoms with E-state index in [1.165, 1.54) is 5.56 Å². The van der Waals surface area contributed by atoms with Crippen molar-refractivity contribution in [3.63, 3.8) is 0 Å². The first-order chi connectivity index (χ1) is 15.8. The molecule has 3 aromatic rings. The second-order valence-corrected chi connectivity index (χ2v) is 8.09. The van der Waals surface area contributed by atoms with Crippen LogP contribution in [-0.4, -0.2) is 48.7 Å². The van der Waals surface area contributed by atoms with Crippen LogP contribution in [0.4, 0.5) is 0 Å². The highest BCUT2D eigenvalue weighted by atomic mass is 16.7. The quantitative estimate of drug-likeness (QED) is 0.451. The van der Waals surface area contributed by atoms with Crippen LogP contribution in [0.1, 0.15) is 16.7 Å². The maximum Gasteiger partial charge on any atom is 0.254 e. The van der Waals surface area contributed by atoms with Gasteiger partial charge < -0.3 is 14.4 Å². The average Bonchev–Trinajstić information content (AvgIpc) is 3.32. The molecule has 0 unspecified atom stereocenters. The lowest BCUT2D eigenvalue weighted by Gasteiger charge is -2.35. The number of rotatable bonds is 5. The predicted octanol–water partition coefficient (Wildman–Crippen LogP) is 4.30. The van der Waals surface area contributed by atoms with Gasteiger partial charge >= 0.3 is 0 Å². The molecule has 5 heteroatoms. The number of ether oxygens (including phenoxy) is 2. The first-order valence-corrected chi connectivity index (χ1v) is 11.0. The zero-order valence-electron chi connectivity index (χ0n) is 17.9. The average molecular weight is 427 g/mol. The van der Waals surface area contributed by atoms with Crippen LogP contribution in [0, 0.1) is 0 Å². The molecule has 0 aromatic heterocycles. The monoisotopic (exact) mass is 426 g/mol.